The Balaban J connectivity index is 1.88. The highest BCUT2D eigenvalue weighted by Gasteiger charge is 2.22. The summed E-state index contributed by atoms with van der Waals surface area (Å²) < 4.78 is 0. The summed E-state index contributed by atoms with van der Waals surface area (Å²) in [5.74, 6) is 0.965. The monoisotopic (exact) mass is 251 g/mol. The fourth-order valence-electron chi connectivity index (χ4n) is 2.29. The third kappa shape index (κ3) is 2.51. The molecule has 1 aliphatic rings. The molecule has 2 aromatic carbocycles. The first kappa shape index (κ1) is 11.9. The maximum atomic E-state index is 4.59. The van der Waals surface area contributed by atoms with Crippen LogP contribution in [-0.4, -0.2) is 24.5 Å². The molecule has 0 aromatic heterocycles. The molecule has 0 fully saturated rings. The molecule has 1 unspecified atom stereocenters. The second-order valence-corrected chi connectivity index (χ2v) is 4.73. The highest BCUT2D eigenvalue weighted by Crippen LogP contribution is 2.20. The van der Waals surface area contributed by atoms with E-state index in [9.17, 15) is 0 Å². The fourth-order valence-corrected chi connectivity index (χ4v) is 2.29. The molecule has 3 nitrogen and oxygen atoms in total. The number of amidine groups is 1. The Bertz CT molecular complexity index is 563. The molecular formula is C16H17N3. The zero-order chi connectivity index (χ0) is 13.1. The summed E-state index contributed by atoms with van der Waals surface area (Å²) in [6.45, 7) is 0.705. The number of nitrogens with zero attached hydrogens (tertiary/aromatic N) is 2. The molecule has 0 amide bonds. The van der Waals surface area contributed by atoms with Crippen molar-refractivity contribution < 1.29 is 0 Å². The summed E-state index contributed by atoms with van der Waals surface area (Å²) in [7, 11) is 2.08. The lowest BCUT2D eigenvalue weighted by molar-refractivity contribution is 0.223. The van der Waals surface area contributed by atoms with E-state index < -0.39 is 0 Å². The molecule has 0 bridgehead atoms. The van der Waals surface area contributed by atoms with Gasteiger partial charge in [-0.2, -0.15) is 0 Å². The van der Waals surface area contributed by atoms with Crippen LogP contribution in [0.3, 0.4) is 0 Å². The summed E-state index contributed by atoms with van der Waals surface area (Å²) >= 11 is 0. The van der Waals surface area contributed by atoms with Gasteiger partial charge in [-0.05, 0) is 12.6 Å². The highest BCUT2D eigenvalue weighted by atomic mass is 15.3. The summed E-state index contributed by atoms with van der Waals surface area (Å²) in [6, 6.07) is 20.7. The van der Waals surface area contributed by atoms with E-state index >= 15 is 0 Å². The zero-order valence-corrected chi connectivity index (χ0v) is 11.0. The first-order valence-corrected chi connectivity index (χ1v) is 6.46. The van der Waals surface area contributed by atoms with Crippen LogP contribution in [0, 0.1) is 0 Å². The van der Waals surface area contributed by atoms with Gasteiger partial charge in [-0.25, -0.2) is 0 Å². The first-order valence-electron chi connectivity index (χ1n) is 6.46. The molecule has 3 rings (SSSR count). The summed E-state index contributed by atoms with van der Waals surface area (Å²) in [6.07, 6.45) is 0.175. The average Bonchev–Trinajstić information content (AvgIpc) is 2.49. The van der Waals surface area contributed by atoms with Crippen molar-refractivity contribution in [2.24, 2.45) is 4.99 Å². The standard InChI is InChI=1S/C16H17N3/c1-19-12-17-15(13-8-4-2-5-9-13)18-16(19)14-10-6-3-7-11-14/h2-11,16H,12H2,1H3,(H,17,18). The Hall–Kier alpha value is -2.13. The van der Waals surface area contributed by atoms with Crippen LogP contribution in [0.4, 0.5) is 0 Å². The van der Waals surface area contributed by atoms with Gasteiger partial charge in [-0.3, -0.25) is 9.89 Å². The van der Waals surface area contributed by atoms with Crippen molar-refractivity contribution >= 4 is 5.84 Å². The molecule has 0 spiro atoms. The Kier molecular flexibility index (Phi) is 3.29. The topological polar surface area (TPSA) is 27.6 Å². The van der Waals surface area contributed by atoms with Crippen LogP contribution in [0.5, 0.6) is 0 Å². The number of aliphatic imine (C=N–C) groups is 1. The molecule has 0 radical (unpaired) electrons. The van der Waals surface area contributed by atoms with Gasteiger partial charge in [-0.15, -0.1) is 0 Å². The van der Waals surface area contributed by atoms with Crippen molar-refractivity contribution in [3.63, 3.8) is 0 Å². The van der Waals surface area contributed by atoms with Gasteiger partial charge in [0.2, 0.25) is 0 Å². The Morgan fingerprint density at radius 2 is 1.63 bits per heavy atom. The van der Waals surface area contributed by atoms with E-state index in [-0.39, 0.29) is 6.17 Å². The van der Waals surface area contributed by atoms with Crippen LogP contribution in [0.1, 0.15) is 17.3 Å². The van der Waals surface area contributed by atoms with Crippen molar-refractivity contribution in [3.05, 3.63) is 71.8 Å². The second-order valence-electron chi connectivity index (χ2n) is 4.73. The Morgan fingerprint density at radius 3 is 2.32 bits per heavy atom. The van der Waals surface area contributed by atoms with Gasteiger partial charge in [-0.1, -0.05) is 60.7 Å². The van der Waals surface area contributed by atoms with Crippen LogP contribution >= 0.6 is 0 Å². The summed E-state index contributed by atoms with van der Waals surface area (Å²) in [5.41, 5.74) is 2.39. The minimum atomic E-state index is 0.175. The van der Waals surface area contributed by atoms with E-state index in [2.05, 4.69) is 58.7 Å². The third-order valence-corrected chi connectivity index (χ3v) is 3.33. The van der Waals surface area contributed by atoms with Crippen molar-refractivity contribution in [3.8, 4) is 0 Å². The minimum absolute atomic E-state index is 0.175. The smallest absolute Gasteiger partial charge is 0.131 e. The third-order valence-electron chi connectivity index (χ3n) is 3.33. The van der Waals surface area contributed by atoms with Gasteiger partial charge in [0.1, 0.15) is 12.0 Å². The maximum absolute atomic E-state index is 4.59. The van der Waals surface area contributed by atoms with Crippen molar-refractivity contribution in [2.75, 3.05) is 13.7 Å². The van der Waals surface area contributed by atoms with Crippen LogP contribution in [-0.2, 0) is 0 Å². The largest absolute Gasteiger partial charge is 0.350 e. The van der Waals surface area contributed by atoms with Crippen LogP contribution in [0.15, 0.2) is 65.7 Å². The van der Waals surface area contributed by atoms with Gasteiger partial charge < -0.3 is 5.32 Å². The molecule has 0 aliphatic carbocycles. The van der Waals surface area contributed by atoms with E-state index in [1.807, 2.05) is 24.3 Å². The molecule has 0 saturated carbocycles. The fraction of sp³-hybridized carbons (Fsp3) is 0.188. The van der Waals surface area contributed by atoms with Crippen LogP contribution in [0.25, 0.3) is 0 Å². The molecule has 1 aliphatic heterocycles. The minimum Gasteiger partial charge on any atom is -0.350 e. The molecule has 1 atom stereocenters. The van der Waals surface area contributed by atoms with E-state index in [4.69, 9.17) is 0 Å². The predicted molar refractivity (Wildman–Crippen MR) is 77.9 cm³/mol. The van der Waals surface area contributed by atoms with Crippen molar-refractivity contribution in [1.29, 1.82) is 0 Å². The normalized spacial score (nSPS) is 19.6. The Morgan fingerprint density at radius 1 is 1.00 bits per heavy atom. The predicted octanol–water partition coefficient (Wildman–Crippen LogP) is 2.62. The lowest BCUT2D eigenvalue weighted by Crippen LogP contribution is -2.44. The quantitative estimate of drug-likeness (QED) is 0.888. The molecule has 1 N–H and O–H groups in total. The lowest BCUT2D eigenvalue weighted by Gasteiger charge is -2.33. The van der Waals surface area contributed by atoms with Gasteiger partial charge in [0.25, 0.3) is 0 Å². The van der Waals surface area contributed by atoms with Gasteiger partial charge in [0.05, 0.1) is 6.67 Å². The number of hydrogen-bond acceptors (Lipinski definition) is 3. The number of benzene rings is 2. The zero-order valence-electron chi connectivity index (χ0n) is 11.0. The maximum Gasteiger partial charge on any atom is 0.131 e. The molecule has 96 valence electrons. The molecule has 3 heteroatoms. The van der Waals surface area contributed by atoms with Crippen molar-refractivity contribution in [2.45, 2.75) is 6.17 Å². The van der Waals surface area contributed by atoms with Crippen LogP contribution in [0.2, 0.25) is 0 Å². The SMILES string of the molecule is CN1CN=C(c2ccccc2)NC1c1ccccc1. The van der Waals surface area contributed by atoms with Gasteiger partial charge in [0.15, 0.2) is 0 Å². The van der Waals surface area contributed by atoms with Gasteiger partial charge >= 0.3 is 0 Å². The van der Waals surface area contributed by atoms with Crippen molar-refractivity contribution in [1.82, 2.24) is 10.2 Å². The van der Waals surface area contributed by atoms with E-state index in [1.165, 1.54) is 5.56 Å². The van der Waals surface area contributed by atoms with Gasteiger partial charge in [0, 0.05) is 5.56 Å². The summed E-state index contributed by atoms with van der Waals surface area (Å²) in [5, 5.41) is 3.51. The molecular weight excluding hydrogens is 234 g/mol. The number of hydrogen-bond donors (Lipinski definition) is 1. The molecule has 19 heavy (non-hydrogen) atoms. The summed E-state index contributed by atoms with van der Waals surface area (Å²) in [4.78, 5) is 6.78. The number of nitrogens with one attached hydrogen (secondary N) is 1. The van der Waals surface area contributed by atoms with E-state index in [0.29, 0.717) is 6.67 Å². The highest BCUT2D eigenvalue weighted by molar-refractivity contribution is 5.99. The average molecular weight is 251 g/mol. The van der Waals surface area contributed by atoms with E-state index in [0.717, 1.165) is 11.4 Å². The Labute approximate surface area is 113 Å². The second kappa shape index (κ2) is 5.24. The molecule has 2 aromatic rings. The molecule has 0 saturated heterocycles. The lowest BCUT2D eigenvalue weighted by atomic mass is 10.1. The number of rotatable bonds is 2. The first-order chi connectivity index (χ1) is 9.34. The van der Waals surface area contributed by atoms with Crippen LogP contribution < -0.4 is 5.32 Å². The van der Waals surface area contributed by atoms with E-state index in [1.54, 1.807) is 0 Å². The molecule has 1 heterocycles.